The zero-order chi connectivity index (χ0) is 43.3. The second kappa shape index (κ2) is 18.2. The van der Waals surface area contributed by atoms with Crippen LogP contribution < -0.4 is 46.0 Å². The average molecular weight is 856 g/mol. The molecule has 2 saturated heterocycles. The molecule has 10 heterocycles. The molecular formula is C42H41BClN12O6. The third-order valence-corrected chi connectivity index (χ3v) is 11.0. The lowest BCUT2D eigenvalue weighted by molar-refractivity contribution is 0.254. The first-order valence-electron chi connectivity index (χ1n) is 19.7. The summed E-state index contributed by atoms with van der Waals surface area (Å²) in [5.74, 6) is 1.58. The molecule has 1 radical (unpaired) electrons. The zero-order valence-electron chi connectivity index (χ0n) is 33.7. The van der Waals surface area contributed by atoms with E-state index < -0.39 is 0 Å². The van der Waals surface area contributed by atoms with Crippen molar-refractivity contribution in [2.75, 3.05) is 56.4 Å². The number of hydrogen-bond acceptors (Lipinski definition) is 12. The fourth-order valence-electron chi connectivity index (χ4n) is 7.69. The van der Waals surface area contributed by atoms with E-state index in [-0.39, 0.29) is 35.3 Å². The third kappa shape index (κ3) is 8.94. The number of aryl methyl sites for hydroxylation is 2. The Balaban J connectivity index is 0.000000141. The number of amides is 4. The van der Waals surface area contributed by atoms with E-state index in [1.807, 2.05) is 30.3 Å². The van der Waals surface area contributed by atoms with Gasteiger partial charge in [-0.1, -0.05) is 11.6 Å². The fraction of sp³-hybridized carbons (Fsp3) is 0.238. The minimum Gasteiger partial charge on any atom is -0.537 e. The molecule has 6 aromatic rings. The third-order valence-electron chi connectivity index (χ3n) is 10.8. The Morgan fingerprint density at radius 3 is 1.82 bits per heavy atom. The van der Waals surface area contributed by atoms with Crippen LogP contribution in [0.25, 0.3) is 11.3 Å². The van der Waals surface area contributed by atoms with Gasteiger partial charge in [-0.15, -0.1) is 0 Å². The second-order valence-corrected chi connectivity index (χ2v) is 15.2. The van der Waals surface area contributed by atoms with Gasteiger partial charge in [-0.3, -0.25) is 29.4 Å². The van der Waals surface area contributed by atoms with Crippen molar-refractivity contribution in [3.63, 3.8) is 0 Å². The summed E-state index contributed by atoms with van der Waals surface area (Å²) in [6.45, 7) is 3.44. The highest BCUT2D eigenvalue weighted by atomic mass is 35.5. The summed E-state index contributed by atoms with van der Waals surface area (Å²) in [7, 11) is 3.88. The maximum absolute atomic E-state index is 13.1. The molecule has 62 heavy (non-hydrogen) atoms. The highest BCUT2D eigenvalue weighted by molar-refractivity contribution is 6.29. The van der Waals surface area contributed by atoms with Gasteiger partial charge in [-0.05, 0) is 73.5 Å². The molecule has 6 aromatic heterocycles. The standard InChI is InChI=1S/C21H20N6O2.C15H14ClN5O.C6H7BNO3/c1-25-9-6-14(11-19(25)28)17-4-5-18-20(24-17)27(16-7-10-26(18)13-16)21(29)23-15-3-2-8-22-12-15;16-13-4-3-12-14(19-13)21(11-5-7-20(12)9-11)15(22)18-10-2-1-6-17-8-10;1-8-3-2-5(11-7-10)4-6(8)9/h2-6,8-9,11-12,16H,7,10,13H2,1H3,(H,23,29);1-4,6,8,11H,5,7,9H2,(H,18,22);2-4,10H,1H3/t16-;11-;/m00./s1. The van der Waals surface area contributed by atoms with Crippen LogP contribution in [0, 0.1) is 0 Å². The summed E-state index contributed by atoms with van der Waals surface area (Å²) < 4.78 is 7.48. The fourth-order valence-corrected chi connectivity index (χ4v) is 7.84. The molecule has 4 aliphatic rings. The Morgan fingerprint density at radius 2 is 1.29 bits per heavy atom. The largest absolute Gasteiger partial charge is 0.569 e. The summed E-state index contributed by atoms with van der Waals surface area (Å²) in [5.41, 5.74) is 4.33. The van der Waals surface area contributed by atoms with Gasteiger partial charge in [0.15, 0.2) is 11.6 Å². The van der Waals surface area contributed by atoms with Crippen LogP contribution in [0.15, 0.2) is 120 Å². The number of aromatic nitrogens is 6. The first kappa shape index (κ1) is 41.5. The summed E-state index contributed by atoms with van der Waals surface area (Å²) in [5, 5.41) is 14.4. The van der Waals surface area contributed by atoms with E-state index in [9.17, 15) is 19.2 Å². The molecule has 4 aliphatic heterocycles. The molecule has 3 N–H and O–H groups in total. The van der Waals surface area contributed by atoms with Crippen LogP contribution in [-0.4, -0.2) is 92.1 Å². The SMILES string of the molecule is Cn1ccc(-c2ccc3c(n2)N(C(=O)Nc2cccnc2)[C@H]2CCN3C2)cc1=O.Cn1ccc(O[B]O)cc1=O.O=C(Nc1cccnc1)N1c2nc(Cl)ccc2N2CC[C@H]1C2. The van der Waals surface area contributed by atoms with E-state index in [0.29, 0.717) is 47.3 Å². The van der Waals surface area contributed by atoms with Gasteiger partial charge >= 0.3 is 19.7 Å². The summed E-state index contributed by atoms with van der Waals surface area (Å²) in [6.07, 6.45) is 11.7. The van der Waals surface area contributed by atoms with Gasteiger partial charge in [-0.25, -0.2) is 19.6 Å². The lowest BCUT2D eigenvalue weighted by Gasteiger charge is -2.35. The molecule has 0 spiro atoms. The van der Waals surface area contributed by atoms with Crippen LogP contribution in [0.4, 0.5) is 44.0 Å². The first-order chi connectivity index (χ1) is 30.1. The van der Waals surface area contributed by atoms with Crippen molar-refractivity contribution >= 4 is 65.7 Å². The Labute approximate surface area is 361 Å². The number of fused-ring (bicyclic) bond motifs is 8. The molecule has 0 saturated carbocycles. The van der Waals surface area contributed by atoms with Gasteiger partial charge in [0, 0.05) is 82.8 Å². The minimum absolute atomic E-state index is 0.0607. The predicted octanol–water partition coefficient (Wildman–Crippen LogP) is 4.52. The summed E-state index contributed by atoms with van der Waals surface area (Å²) >= 11 is 6.02. The molecule has 0 aromatic carbocycles. The van der Waals surface area contributed by atoms with Crippen molar-refractivity contribution in [2.45, 2.75) is 24.9 Å². The molecular weight excluding hydrogens is 815 g/mol. The van der Waals surface area contributed by atoms with E-state index >= 15 is 0 Å². The normalized spacial score (nSPS) is 16.5. The zero-order valence-corrected chi connectivity index (χ0v) is 34.5. The van der Waals surface area contributed by atoms with Crippen molar-refractivity contribution in [3.8, 4) is 17.0 Å². The Hall–Kier alpha value is -7.25. The molecule has 4 bridgehead atoms. The van der Waals surface area contributed by atoms with Gasteiger partial charge in [0.05, 0.1) is 52.9 Å². The number of nitrogens with zero attached hydrogens (tertiary/aromatic N) is 10. The van der Waals surface area contributed by atoms with Gasteiger partial charge < -0.3 is 39.2 Å². The number of carbonyl (C=O) groups is 2. The highest BCUT2D eigenvalue weighted by Crippen LogP contribution is 2.41. The van der Waals surface area contributed by atoms with Crippen LogP contribution >= 0.6 is 11.6 Å². The number of hydrogen-bond donors (Lipinski definition) is 3. The minimum atomic E-state index is -0.223. The molecule has 0 unspecified atom stereocenters. The number of pyridine rings is 6. The molecule has 18 nitrogen and oxygen atoms in total. The number of rotatable bonds is 5. The van der Waals surface area contributed by atoms with Crippen LogP contribution in [0.3, 0.4) is 0 Å². The van der Waals surface area contributed by atoms with E-state index in [0.717, 1.165) is 56.0 Å². The molecule has 0 aliphatic carbocycles. The van der Waals surface area contributed by atoms with E-state index in [1.165, 1.54) is 15.2 Å². The van der Waals surface area contributed by atoms with Crippen molar-refractivity contribution < 1.29 is 19.3 Å². The van der Waals surface area contributed by atoms with Gasteiger partial charge in [0.1, 0.15) is 10.9 Å². The van der Waals surface area contributed by atoms with Crippen molar-refractivity contribution in [3.05, 3.63) is 136 Å². The van der Waals surface area contributed by atoms with Crippen molar-refractivity contribution in [2.24, 2.45) is 14.1 Å². The topological polar surface area (TPSA) is 196 Å². The molecule has 10 rings (SSSR count). The average Bonchev–Trinajstić information content (AvgIpc) is 3.89. The van der Waals surface area contributed by atoms with Gasteiger partial charge in [-0.2, -0.15) is 0 Å². The number of carbonyl (C=O) groups excluding carboxylic acids is 2. The Morgan fingerprint density at radius 1 is 0.742 bits per heavy atom. The maximum Gasteiger partial charge on any atom is 0.569 e. The molecule has 2 fully saturated rings. The maximum atomic E-state index is 13.1. The molecule has 20 heteroatoms. The van der Waals surface area contributed by atoms with Crippen LogP contribution in [0.2, 0.25) is 5.15 Å². The van der Waals surface area contributed by atoms with Crippen LogP contribution in [0.5, 0.6) is 5.75 Å². The Kier molecular flexibility index (Phi) is 12.2. The number of nitrogens with one attached hydrogen (secondary N) is 2. The number of anilines is 6. The Bertz CT molecular complexity index is 2710. The van der Waals surface area contributed by atoms with Crippen LogP contribution in [-0.2, 0) is 14.1 Å². The molecule has 315 valence electrons. The first-order valence-corrected chi connectivity index (χ1v) is 20.1. The molecule has 2 atom stereocenters. The van der Waals surface area contributed by atoms with Crippen LogP contribution in [0.1, 0.15) is 12.8 Å². The molecule has 4 amide bonds. The van der Waals surface area contributed by atoms with E-state index in [1.54, 1.807) is 97.5 Å². The summed E-state index contributed by atoms with van der Waals surface area (Å²) in [4.78, 5) is 74.0. The van der Waals surface area contributed by atoms with Crippen molar-refractivity contribution in [1.82, 2.24) is 29.1 Å². The van der Waals surface area contributed by atoms with Gasteiger partial charge in [0.25, 0.3) is 11.1 Å². The monoisotopic (exact) mass is 855 g/mol. The van der Waals surface area contributed by atoms with E-state index in [4.69, 9.17) is 21.6 Å². The van der Waals surface area contributed by atoms with Crippen molar-refractivity contribution in [1.29, 1.82) is 0 Å². The predicted molar refractivity (Wildman–Crippen MR) is 237 cm³/mol. The second-order valence-electron chi connectivity index (χ2n) is 14.8. The smallest absolute Gasteiger partial charge is 0.537 e. The number of halogens is 1. The number of urea groups is 2. The highest BCUT2D eigenvalue weighted by Gasteiger charge is 2.41. The van der Waals surface area contributed by atoms with Gasteiger partial charge in [0.2, 0.25) is 0 Å². The van der Waals surface area contributed by atoms with E-state index in [2.05, 4.69) is 40.0 Å². The summed E-state index contributed by atoms with van der Waals surface area (Å²) in [6, 6.07) is 20.8. The lowest BCUT2D eigenvalue weighted by Crippen LogP contribution is -2.48. The lowest BCUT2D eigenvalue weighted by atomic mass is 10.1. The quantitative estimate of drug-likeness (QED) is 0.162.